The molecule has 0 atom stereocenters. The van der Waals surface area contributed by atoms with Crippen molar-refractivity contribution in [3.05, 3.63) is 35.4 Å². The van der Waals surface area contributed by atoms with Gasteiger partial charge in [0.25, 0.3) is 0 Å². The molecule has 0 spiro atoms. The maximum atomic E-state index is 5.39. The van der Waals surface area contributed by atoms with Gasteiger partial charge in [-0.2, -0.15) is 0 Å². The number of hydrogen-bond acceptors (Lipinski definition) is 3. The van der Waals surface area contributed by atoms with Crippen LogP contribution in [0.2, 0.25) is 0 Å². The first-order chi connectivity index (χ1) is 12.8. The van der Waals surface area contributed by atoms with Gasteiger partial charge in [0, 0.05) is 26.2 Å². The summed E-state index contributed by atoms with van der Waals surface area (Å²) >= 11 is 0. The van der Waals surface area contributed by atoms with Crippen LogP contribution in [0.1, 0.15) is 50.7 Å². The number of benzene rings is 1. The van der Waals surface area contributed by atoms with Gasteiger partial charge in [-0.05, 0) is 50.9 Å². The quantitative estimate of drug-likeness (QED) is 0.403. The first-order valence-electron chi connectivity index (χ1n) is 10.2. The zero-order valence-corrected chi connectivity index (χ0v) is 16.6. The molecule has 1 aliphatic rings. The van der Waals surface area contributed by atoms with Crippen molar-refractivity contribution in [1.29, 1.82) is 0 Å². The van der Waals surface area contributed by atoms with Crippen LogP contribution in [0, 0.1) is 0 Å². The van der Waals surface area contributed by atoms with Gasteiger partial charge in [-0.1, -0.05) is 37.1 Å². The number of guanidine groups is 1. The Hall–Kier alpha value is -1.59. The van der Waals surface area contributed by atoms with E-state index in [0.717, 1.165) is 32.2 Å². The molecule has 1 aliphatic heterocycles. The number of ether oxygens (including phenoxy) is 1. The summed E-state index contributed by atoms with van der Waals surface area (Å²) < 4.78 is 5.39. The van der Waals surface area contributed by atoms with Crippen LogP contribution in [0.5, 0.6) is 0 Å². The summed E-state index contributed by atoms with van der Waals surface area (Å²) in [5, 5.41) is 6.65. The Morgan fingerprint density at radius 3 is 2.46 bits per heavy atom. The highest BCUT2D eigenvalue weighted by atomic mass is 16.5. The number of hydrogen-bond donors (Lipinski definition) is 2. The van der Waals surface area contributed by atoms with Gasteiger partial charge in [-0.3, -0.25) is 4.90 Å². The zero-order chi connectivity index (χ0) is 18.5. The van der Waals surface area contributed by atoms with Crippen LogP contribution < -0.4 is 10.6 Å². The van der Waals surface area contributed by atoms with Crippen molar-refractivity contribution < 1.29 is 4.74 Å². The van der Waals surface area contributed by atoms with Crippen molar-refractivity contribution >= 4 is 5.96 Å². The van der Waals surface area contributed by atoms with Gasteiger partial charge in [-0.25, -0.2) is 4.99 Å². The molecule has 2 rings (SSSR count). The van der Waals surface area contributed by atoms with Crippen molar-refractivity contribution in [2.24, 2.45) is 4.99 Å². The Kier molecular flexibility index (Phi) is 10.1. The zero-order valence-electron chi connectivity index (χ0n) is 16.6. The maximum Gasteiger partial charge on any atom is 0.191 e. The molecule has 5 heteroatoms. The van der Waals surface area contributed by atoms with Gasteiger partial charge in [0.05, 0.1) is 13.2 Å². The van der Waals surface area contributed by atoms with Crippen LogP contribution in [0.25, 0.3) is 0 Å². The van der Waals surface area contributed by atoms with Crippen molar-refractivity contribution in [1.82, 2.24) is 15.5 Å². The van der Waals surface area contributed by atoms with E-state index in [1.165, 1.54) is 49.9 Å². The summed E-state index contributed by atoms with van der Waals surface area (Å²) in [6.07, 6.45) is 5.41. The Morgan fingerprint density at radius 1 is 1.04 bits per heavy atom. The maximum absolute atomic E-state index is 5.39. The molecule has 26 heavy (non-hydrogen) atoms. The van der Waals surface area contributed by atoms with Crippen LogP contribution >= 0.6 is 0 Å². The first-order valence-corrected chi connectivity index (χ1v) is 10.2. The number of aliphatic imine (C=N–C) groups is 1. The van der Waals surface area contributed by atoms with E-state index in [9.17, 15) is 0 Å². The summed E-state index contributed by atoms with van der Waals surface area (Å²) in [4.78, 5) is 7.37. The van der Waals surface area contributed by atoms with E-state index in [1.54, 1.807) is 0 Å². The van der Waals surface area contributed by atoms with Gasteiger partial charge >= 0.3 is 0 Å². The fraction of sp³-hybridized carbons (Fsp3) is 0.667. The highest BCUT2D eigenvalue weighted by molar-refractivity contribution is 5.79. The predicted octanol–water partition coefficient (Wildman–Crippen LogP) is 3.15. The average molecular weight is 361 g/mol. The average Bonchev–Trinajstić information content (AvgIpc) is 2.93. The molecule has 0 aliphatic carbocycles. The SMILES string of the molecule is CCNC(=NCc1ccccc1CN1CCCCCC1)NCCOCC. The lowest BCUT2D eigenvalue weighted by Gasteiger charge is -2.21. The third kappa shape index (κ3) is 7.75. The largest absolute Gasteiger partial charge is 0.380 e. The number of nitrogens with one attached hydrogen (secondary N) is 2. The molecular weight excluding hydrogens is 324 g/mol. The Labute approximate surface area is 159 Å². The van der Waals surface area contributed by atoms with Gasteiger partial charge in [0.2, 0.25) is 0 Å². The number of nitrogens with zero attached hydrogens (tertiary/aromatic N) is 2. The van der Waals surface area contributed by atoms with E-state index in [1.807, 2.05) is 6.92 Å². The smallest absolute Gasteiger partial charge is 0.191 e. The summed E-state index contributed by atoms with van der Waals surface area (Å²) in [6, 6.07) is 8.73. The molecule has 1 aromatic carbocycles. The van der Waals surface area contributed by atoms with Crippen molar-refractivity contribution in [2.75, 3.05) is 39.4 Å². The lowest BCUT2D eigenvalue weighted by molar-refractivity contribution is 0.152. The molecule has 0 unspecified atom stereocenters. The third-order valence-electron chi connectivity index (χ3n) is 4.71. The van der Waals surface area contributed by atoms with Gasteiger partial charge in [0.15, 0.2) is 5.96 Å². The molecule has 1 aromatic rings. The summed E-state index contributed by atoms with van der Waals surface area (Å²) in [5.41, 5.74) is 2.72. The standard InChI is InChI=1S/C21H36N4O/c1-3-22-21(23-13-16-26-4-2)24-17-19-11-7-8-12-20(19)18-25-14-9-5-6-10-15-25/h7-8,11-12H,3-6,9-10,13-18H2,1-2H3,(H2,22,23,24). The third-order valence-corrected chi connectivity index (χ3v) is 4.71. The van der Waals surface area contributed by atoms with E-state index >= 15 is 0 Å². The Morgan fingerprint density at radius 2 is 1.77 bits per heavy atom. The van der Waals surface area contributed by atoms with Crippen LogP contribution in [-0.2, 0) is 17.8 Å². The molecule has 146 valence electrons. The van der Waals surface area contributed by atoms with Crippen LogP contribution in [-0.4, -0.2) is 50.3 Å². The second kappa shape index (κ2) is 12.7. The lowest BCUT2D eigenvalue weighted by Crippen LogP contribution is -2.39. The summed E-state index contributed by atoms with van der Waals surface area (Å²) in [7, 11) is 0. The minimum Gasteiger partial charge on any atom is -0.380 e. The summed E-state index contributed by atoms with van der Waals surface area (Å²) in [6.45, 7) is 11.4. The first kappa shape index (κ1) is 20.7. The molecule has 1 fully saturated rings. The van der Waals surface area contributed by atoms with E-state index in [0.29, 0.717) is 13.2 Å². The van der Waals surface area contributed by atoms with Crippen molar-refractivity contribution in [3.8, 4) is 0 Å². The molecule has 1 heterocycles. The van der Waals surface area contributed by atoms with Crippen LogP contribution in [0.4, 0.5) is 0 Å². The highest BCUT2D eigenvalue weighted by Gasteiger charge is 2.11. The minimum atomic E-state index is 0.701. The predicted molar refractivity (Wildman–Crippen MR) is 109 cm³/mol. The monoisotopic (exact) mass is 360 g/mol. The van der Waals surface area contributed by atoms with Crippen molar-refractivity contribution in [3.63, 3.8) is 0 Å². The molecule has 0 bridgehead atoms. The summed E-state index contributed by atoms with van der Waals surface area (Å²) in [5.74, 6) is 0.858. The molecule has 1 saturated heterocycles. The topological polar surface area (TPSA) is 48.9 Å². The molecule has 0 aromatic heterocycles. The molecular formula is C21H36N4O. The second-order valence-corrected chi connectivity index (χ2v) is 6.78. The van der Waals surface area contributed by atoms with Gasteiger partial charge in [0.1, 0.15) is 0 Å². The minimum absolute atomic E-state index is 0.701. The van der Waals surface area contributed by atoms with E-state index < -0.39 is 0 Å². The van der Waals surface area contributed by atoms with Gasteiger partial charge in [-0.15, -0.1) is 0 Å². The number of likely N-dealkylation sites (tertiary alicyclic amines) is 1. The van der Waals surface area contributed by atoms with Crippen molar-refractivity contribution in [2.45, 2.75) is 52.6 Å². The van der Waals surface area contributed by atoms with E-state index in [4.69, 9.17) is 9.73 Å². The van der Waals surface area contributed by atoms with E-state index in [-0.39, 0.29) is 0 Å². The number of rotatable bonds is 9. The highest BCUT2D eigenvalue weighted by Crippen LogP contribution is 2.16. The molecule has 0 amide bonds. The fourth-order valence-electron chi connectivity index (χ4n) is 3.29. The Bertz CT molecular complexity index is 524. The molecule has 0 saturated carbocycles. The van der Waals surface area contributed by atoms with Crippen LogP contribution in [0.15, 0.2) is 29.3 Å². The molecule has 0 radical (unpaired) electrons. The fourth-order valence-corrected chi connectivity index (χ4v) is 3.29. The molecule has 5 nitrogen and oxygen atoms in total. The van der Waals surface area contributed by atoms with Gasteiger partial charge < -0.3 is 15.4 Å². The Balaban J connectivity index is 1.95. The normalized spacial score (nSPS) is 16.3. The lowest BCUT2D eigenvalue weighted by atomic mass is 10.1. The van der Waals surface area contributed by atoms with E-state index in [2.05, 4.69) is 46.7 Å². The molecule has 2 N–H and O–H groups in total. The van der Waals surface area contributed by atoms with Crippen LogP contribution in [0.3, 0.4) is 0 Å². The second-order valence-electron chi connectivity index (χ2n) is 6.78.